The Balaban J connectivity index is 0.00000242. The largest absolute Gasteiger partial charge is 0.481 e. The molecule has 0 aliphatic carbocycles. The molecule has 2 rings (SSSR count). The lowest BCUT2D eigenvalue weighted by Gasteiger charge is -2.34. The minimum atomic E-state index is -0.781. The molecule has 0 unspecified atom stereocenters. The Labute approximate surface area is 141 Å². The average molecular weight is 347 g/mol. The summed E-state index contributed by atoms with van der Waals surface area (Å²) < 4.78 is 0. The zero-order valence-electron chi connectivity index (χ0n) is 12.2. The van der Waals surface area contributed by atoms with Crippen LogP contribution in [0.5, 0.6) is 0 Å². The molecule has 0 bridgehead atoms. The maximum atomic E-state index is 12.2. The quantitative estimate of drug-likeness (QED) is 0.884. The molecular weight excluding hydrogens is 327 g/mol. The van der Waals surface area contributed by atoms with Gasteiger partial charge in [0.15, 0.2) is 0 Å². The molecule has 0 atom stereocenters. The Morgan fingerprint density at radius 1 is 1.09 bits per heavy atom. The van der Waals surface area contributed by atoms with Crippen LogP contribution in [0.2, 0.25) is 5.02 Å². The van der Waals surface area contributed by atoms with Gasteiger partial charge in [0.05, 0.1) is 12.8 Å². The molecule has 0 saturated carbocycles. The van der Waals surface area contributed by atoms with Gasteiger partial charge in [-0.2, -0.15) is 0 Å². The van der Waals surface area contributed by atoms with Crippen LogP contribution in [0.4, 0.5) is 0 Å². The van der Waals surface area contributed by atoms with Crippen molar-refractivity contribution in [3.63, 3.8) is 0 Å². The van der Waals surface area contributed by atoms with Gasteiger partial charge < -0.3 is 10.0 Å². The van der Waals surface area contributed by atoms with Crippen molar-refractivity contribution in [1.82, 2.24) is 9.80 Å². The number of carbonyl (C=O) groups is 2. The Hall–Kier alpha value is -1.30. The summed E-state index contributed by atoms with van der Waals surface area (Å²) in [6.45, 7) is 3.34. The van der Waals surface area contributed by atoms with Gasteiger partial charge in [0.2, 0.25) is 5.91 Å². The van der Waals surface area contributed by atoms with Crippen LogP contribution in [0.15, 0.2) is 24.3 Å². The van der Waals surface area contributed by atoms with Crippen molar-refractivity contribution in [2.75, 3.05) is 32.7 Å². The van der Waals surface area contributed by atoms with E-state index >= 15 is 0 Å². The van der Waals surface area contributed by atoms with E-state index in [1.165, 1.54) is 0 Å². The third kappa shape index (κ3) is 5.83. The molecular formula is C15H20Cl2N2O3. The first kappa shape index (κ1) is 18.7. The van der Waals surface area contributed by atoms with Crippen LogP contribution in [0, 0.1) is 0 Å². The molecule has 0 aromatic heterocycles. The summed E-state index contributed by atoms with van der Waals surface area (Å²) in [4.78, 5) is 26.7. The number of halogens is 2. The predicted octanol–water partition coefficient (Wildman–Crippen LogP) is 1.92. The maximum Gasteiger partial charge on any atom is 0.304 e. The van der Waals surface area contributed by atoms with Crippen molar-refractivity contribution in [1.29, 1.82) is 0 Å². The lowest BCUT2D eigenvalue weighted by Crippen LogP contribution is -2.49. The number of piperazine rings is 1. The number of hydrogen-bond acceptors (Lipinski definition) is 3. The summed E-state index contributed by atoms with van der Waals surface area (Å²) in [5.41, 5.74) is 0.956. The second-order valence-corrected chi connectivity index (χ2v) is 5.61. The zero-order chi connectivity index (χ0) is 15.2. The standard InChI is InChI=1S/C15H19ClN2O3.ClH/c16-13-3-1-12(2-4-13)11-14(19)18-9-7-17(8-10-18)6-5-15(20)21;/h1-4H,5-11H2,(H,20,21);1H. The number of carboxylic acid groups (broad SMARTS) is 1. The highest BCUT2D eigenvalue weighted by atomic mass is 35.5. The van der Waals surface area contributed by atoms with Gasteiger partial charge >= 0.3 is 5.97 Å². The first-order chi connectivity index (χ1) is 10.0. The molecule has 1 aliphatic rings. The first-order valence-corrected chi connectivity index (χ1v) is 7.39. The molecule has 1 saturated heterocycles. The molecule has 1 heterocycles. The summed E-state index contributed by atoms with van der Waals surface area (Å²) >= 11 is 5.82. The second-order valence-electron chi connectivity index (χ2n) is 5.17. The summed E-state index contributed by atoms with van der Waals surface area (Å²) in [6.07, 6.45) is 0.533. The van der Waals surface area contributed by atoms with Gasteiger partial charge in [0, 0.05) is 37.7 Å². The number of benzene rings is 1. The second kappa shape index (κ2) is 8.98. The van der Waals surface area contributed by atoms with E-state index in [0.29, 0.717) is 31.1 Å². The van der Waals surface area contributed by atoms with Crippen molar-refractivity contribution >= 4 is 35.9 Å². The summed E-state index contributed by atoms with van der Waals surface area (Å²) in [5, 5.41) is 9.33. The molecule has 122 valence electrons. The van der Waals surface area contributed by atoms with Crippen molar-refractivity contribution in [2.45, 2.75) is 12.8 Å². The van der Waals surface area contributed by atoms with Gasteiger partial charge in [-0.15, -0.1) is 12.4 Å². The van der Waals surface area contributed by atoms with E-state index in [-0.39, 0.29) is 24.7 Å². The fourth-order valence-corrected chi connectivity index (χ4v) is 2.49. The minimum Gasteiger partial charge on any atom is -0.481 e. The van der Waals surface area contributed by atoms with Crippen LogP contribution in [-0.4, -0.2) is 59.5 Å². The van der Waals surface area contributed by atoms with Gasteiger partial charge in [0.1, 0.15) is 0 Å². The van der Waals surface area contributed by atoms with Crippen LogP contribution in [-0.2, 0) is 16.0 Å². The molecule has 5 nitrogen and oxygen atoms in total. The van der Waals surface area contributed by atoms with Gasteiger partial charge in [-0.1, -0.05) is 23.7 Å². The fourth-order valence-electron chi connectivity index (χ4n) is 2.36. The van der Waals surface area contributed by atoms with E-state index in [1.807, 2.05) is 17.0 Å². The number of carboxylic acids is 1. The molecule has 1 aromatic carbocycles. The lowest BCUT2D eigenvalue weighted by molar-refractivity contribution is -0.138. The van der Waals surface area contributed by atoms with Crippen molar-refractivity contribution in [2.24, 2.45) is 0 Å². The minimum absolute atomic E-state index is 0. The SMILES string of the molecule is Cl.O=C(O)CCN1CCN(C(=O)Cc2ccc(Cl)cc2)CC1. The first-order valence-electron chi connectivity index (χ1n) is 7.01. The Bertz CT molecular complexity index is 500. The van der Waals surface area contributed by atoms with Crippen LogP contribution in [0.1, 0.15) is 12.0 Å². The molecule has 1 aliphatic heterocycles. The van der Waals surface area contributed by atoms with Gasteiger partial charge in [-0.3, -0.25) is 14.5 Å². The topological polar surface area (TPSA) is 60.9 Å². The summed E-state index contributed by atoms with van der Waals surface area (Å²) in [6, 6.07) is 7.30. The van der Waals surface area contributed by atoms with Crippen LogP contribution < -0.4 is 0 Å². The fraction of sp³-hybridized carbons (Fsp3) is 0.467. The Morgan fingerprint density at radius 3 is 2.23 bits per heavy atom. The third-order valence-corrected chi connectivity index (χ3v) is 3.89. The van der Waals surface area contributed by atoms with E-state index < -0.39 is 5.97 Å². The zero-order valence-corrected chi connectivity index (χ0v) is 13.8. The van der Waals surface area contributed by atoms with E-state index in [1.54, 1.807) is 12.1 Å². The predicted molar refractivity (Wildman–Crippen MR) is 87.7 cm³/mol. The number of nitrogens with zero attached hydrogens (tertiary/aromatic N) is 2. The molecule has 22 heavy (non-hydrogen) atoms. The molecule has 1 amide bonds. The van der Waals surface area contributed by atoms with Crippen molar-refractivity contribution in [3.8, 4) is 0 Å². The molecule has 7 heteroatoms. The van der Waals surface area contributed by atoms with Crippen LogP contribution in [0.3, 0.4) is 0 Å². The number of amides is 1. The van der Waals surface area contributed by atoms with Gasteiger partial charge in [-0.25, -0.2) is 0 Å². The molecule has 1 fully saturated rings. The maximum absolute atomic E-state index is 12.2. The van der Waals surface area contributed by atoms with E-state index in [9.17, 15) is 9.59 Å². The highest BCUT2D eigenvalue weighted by molar-refractivity contribution is 6.30. The Kier molecular flexibility index (Phi) is 7.65. The third-order valence-electron chi connectivity index (χ3n) is 3.64. The summed E-state index contributed by atoms with van der Waals surface area (Å²) in [5.74, 6) is -0.675. The van der Waals surface area contributed by atoms with Gasteiger partial charge in [-0.05, 0) is 17.7 Å². The highest BCUT2D eigenvalue weighted by Gasteiger charge is 2.21. The van der Waals surface area contributed by atoms with E-state index in [0.717, 1.165) is 18.7 Å². The van der Waals surface area contributed by atoms with Crippen molar-refractivity contribution in [3.05, 3.63) is 34.9 Å². The molecule has 1 N–H and O–H groups in total. The van der Waals surface area contributed by atoms with E-state index in [2.05, 4.69) is 4.90 Å². The molecule has 0 radical (unpaired) electrons. The number of carbonyl (C=O) groups excluding carboxylic acids is 1. The smallest absolute Gasteiger partial charge is 0.304 e. The average Bonchev–Trinajstić information content (AvgIpc) is 2.48. The highest BCUT2D eigenvalue weighted by Crippen LogP contribution is 2.12. The van der Waals surface area contributed by atoms with Crippen molar-refractivity contribution < 1.29 is 14.7 Å². The monoisotopic (exact) mass is 346 g/mol. The molecule has 0 spiro atoms. The number of aliphatic carboxylic acids is 1. The van der Waals surface area contributed by atoms with Gasteiger partial charge in [0.25, 0.3) is 0 Å². The number of hydrogen-bond donors (Lipinski definition) is 1. The van der Waals surface area contributed by atoms with Crippen LogP contribution >= 0.6 is 24.0 Å². The number of rotatable bonds is 5. The normalized spacial score (nSPS) is 15.2. The summed E-state index contributed by atoms with van der Waals surface area (Å²) in [7, 11) is 0. The van der Waals surface area contributed by atoms with E-state index in [4.69, 9.17) is 16.7 Å². The Morgan fingerprint density at radius 2 is 1.68 bits per heavy atom. The van der Waals surface area contributed by atoms with Crippen LogP contribution in [0.25, 0.3) is 0 Å². The molecule has 1 aromatic rings. The lowest BCUT2D eigenvalue weighted by atomic mass is 10.1.